The fourth-order valence-electron chi connectivity index (χ4n) is 2.49. The van der Waals surface area contributed by atoms with Crippen LogP contribution < -0.4 is 10.6 Å². The molecule has 1 aliphatic rings. The summed E-state index contributed by atoms with van der Waals surface area (Å²) in [6.45, 7) is 6.01. The third-order valence-electron chi connectivity index (χ3n) is 3.90. The minimum atomic E-state index is -0.529. The lowest BCUT2D eigenvalue weighted by molar-refractivity contribution is -0.389. The molecule has 2 heterocycles. The van der Waals surface area contributed by atoms with Gasteiger partial charge in [-0.3, -0.25) is 4.79 Å². The van der Waals surface area contributed by atoms with Crippen molar-refractivity contribution in [3.05, 3.63) is 22.1 Å². The number of nitrogens with zero attached hydrogens (tertiary/aromatic N) is 3. The van der Waals surface area contributed by atoms with Crippen LogP contribution in [0.15, 0.2) is 6.20 Å². The van der Waals surface area contributed by atoms with Crippen LogP contribution >= 0.6 is 0 Å². The van der Waals surface area contributed by atoms with E-state index in [1.807, 2.05) is 0 Å². The molecular weight excluding hydrogens is 274 g/mol. The number of imidazole rings is 1. The Morgan fingerprint density at radius 2 is 2.43 bits per heavy atom. The number of amides is 1. The van der Waals surface area contributed by atoms with Gasteiger partial charge in [-0.2, -0.15) is 0 Å². The van der Waals surface area contributed by atoms with Crippen LogP contribution in [-0.2, 0) is 11.3 Å². The molecule has 21 heavy (non-hydrogen) atoms. The Morgan fingerprint density at radius 1 is 1.67 bits per heavy atom. The Kier molecular flexibility index (Phi) is 4.89. The molecule has 2 atom stereocenters. The highest BCUT2D eigenvalue weighted by molar-refractivity contribution is 5.76. The van der Waals surface area contributed by atoms with Gasteiger partial charge in [0.05, 0.1) is 0 Å². The number of rotatable bonds is 5. The molecule has 0 radical (unpaired) electrons. The number of carbonyl (C=O) groups is 1. The van der Waals surface area contributed by atoms with E-state index in [0.717, 1.165) is 19.5 Å². The zero-order valence-electron chi connectivity index (χ0n) is 12.3. The Labute approximate surface area is 123 Å². The average Bonchev–Trinajstić information content (AvgIpc) is 2.81. The lowest BCUT2D eigenvalue weighted by Crippen LogP contribution is -2.50. The van der Waals surface area contributed by atoms with Gasteiger partial charge in [-0.1, -0.05) is 6.92 Å². The SMILES string of the molecule is Cc1nc([N+](=O)[O-])cn1CCC(=O)NC1CNCCC1C. The van der Waals surface area contributed by atoms with E-state index in [0.29, 0.717) is 18.3 Å². The maximum Gasteiger partial charge on any atom is 0.381 e. The lowest BCUT2D eigenvalue weighted by atomic mass is 9.95. The van der Waals surface area contributed by atoms with Crippen molar-refractivity contribution in [2.45, 2.75) is 39.3 Å². The second-order valence-electron chi connectivity index (χ2n) is 5.49. The first-order chi connectivity index (χ1) is 9.97. The number of nitro groups is 1. The molecule has 2 N–H and O–H groups in total. The minimum absolute atomic E-state index is 0.0358. The number of aryl methyl sites for hydroxylation is 2. The monoisotopic (exact) mass is 295 g/mol. The highest BCUT2D eigenvalue weighted by Crippen LogP contribution is 2.12. The molecule has 2 rings (SSSR count). The van der Waals surface area contributed by atoms with Crippen LogP contribution in [0.1, 0.15) is 25.6 Å². The maximum absolute atomic E-state index is 12.0. The molecule has 116 valence electrons. The topological polar surface area (TPSA) is 102 Å². The number of nitrogens with one attached hydrogen (secondary N) is 2. The van der Waals surface area contributed by atoms with Crippen molar-refractivity contribution >= 4 is 11.7 Å². The van der Waals surface area contributed by atoms with Crippen molar-refractivity contribution in [3.63, 3.8) is 0 Å². The van der Waals surface area contributed by atoms with Gasteiger partial charge in [-0.05, 0) is 28.8 Å². The molecule has 0 saturated carbocycles. The molecule has 0 aliphatic carbocycles. The van der Waals surface area contributed by atoms with Crippen LogP contribution in [0.5, 0.6) is 0 Å². The highest BCUT2D eigenvalue weighted by atomic mass is 16.6. The van der Waals surface area contributed by atoms with E-state index in [2.05, 4.69) is 22.5 Å². The van der Waals surface area contributed by atoms with Crippen molar-refractivity contribution in [2.24, 2.45) is 5.92 Å². The van der Waals surface area contributed by atoms with Crippen molar-refractivity contribution in [1.82, 2.24) is 20.2 Å². The van der Waals surface area contributed by atoms with Crippen LogP contribution in [0.25, 0.3) is 0 Å². The van der Waals surface area contributed by atoms with Crippen LogP contribution in [0.4, 0.5) is 5.82 Å². The third-order valence-corrected chi connectivity index (χ3v) is 3.90. The number of carbonyl (C=O) groups excluding carboxylic acids is 1. The molecule has 1 saturated heterocycles. The van der Waals surface area contributed by atoms with Gasteiger partial charge in [0.1, 0.15) is 6.20 Å². The largest absolute Gasteiger partial charge is 0.381 e. The van der Waals surface area contributed by atoms with Crippen LogP contribution in [-0.4, -0.2) is 39.5 Å². The summed E-state index contributed by atoms with van der Waals surface area (Å²) in [5.41, 5.74) is 0. The number of piperidine rings is 1. The van der Waals surface area contributed by atoms with Crippen molar-refractivity contribution in [3.8, 4) is 0 Å². The van der Waals surface area contributed by atoms with Crippen LogP contribution in [0, 0.1) is 23.0 Å². The molecule has 1 aliphatic heterocycles. The Bertz CT molecular complexity index is 528. The van der Waals surface area contributed by atoms with Gasteiger partial charge in [-0.15, -0.1) is 0 Å². The second-order valence-corrected chi connectivity index (χ2v) is 5.49. The lowest BCUT2D eigenvalue weighted by Gasteiger charge is -2.30. The highest BCUT2D eigenvalue weighted by Gasteiger charge is 2.22. The molecule has 1 aromatic rings. The van der Waals surface area contributed by atoms with Gasteiger partial charge in [0, 0.05) is 32.5 Å². The molecule has 0 spiro atoms. The molecule has 8 nitrogen and oxygen atoms in total. The van der Waals surface area contributed by atoms with E-state index in [9.17, 15) is 14.9 Å². The Balaban J connectivity index is 1.85. The van der Waals surface area contributed by atoms with E-state index in [1.165, 1.54) is 6.20 Å². The molecule has 2 unspecified atom stereocenters. The van der Waals surface area contributed by atoms with Gasteiger partial charge < -0.3 is 25.3 Å². The molecule has 1 amide bonds. The standard InChI is InChI=1S/C13H21N5O3/c1-9-3-5-14-7-11(9)16-13(19)4-6-17-8-12(18(20)21)15-10(17)2/h8-9,11,14H,3-7H2,1-2H3,(H,16,19). The van der Waals surface area contributed by atoms with Gasteiger partial charge in [0.15, 0.2) is 0 Å². The first-order valence-electron chi connectivity index (χ1n) is 7.15. The number of aromatic nitrogens is 2. The van der Waals surface area contributed by atoms with Crippen molar-refractivity contribution in [2.75, 3.05) is 13.1 Å². The summed E-state index contributed by atoms with van der Waals surface area (Å²) < 4.78 is 1.64. The van der Waals surface area contributed by atoms with E-state index in [-0.39, 0.29) is 24.2 Å². The third kappa shape index (κ3) is 4.01. The number of hydrogen-bond donors (Lipinski definition) is 2. The van der Waals surface area contributed by atoms with E-state index in [4.69, 9.17) is 0 Å². The quantitative estimate of drug-likeness (QED) is 0.612. The zero-order valence-corrected chi connectivity index (χ0v) is 12.3. The van der Waals surface area contributed by atoms with Gasteiger partial charge in [-0.25, -0.2) is 0 Å². The van der Waals surface area contributed by atoms with Gasteiger partial charge in [0.2, 0.25) is 11.7 Å². The normalized spacial score (nSPS) is 22.0. The summed E-state index contributed by atoms with van der Waals surface area (Å²) in [4.78, 5) is 25.9. The first-order valence-corrected chi connectivity index (χ1v) is 7.15. The summed E-state index contributed by atoms with van der Waals surface area (Å²) in [5.74, 6) is 0.790. The van der Waals surface area contributed by atoms with E-state index >= 15 is 0 Å². The van der Waals surface area contributed by atoms with E-state index in [1.54, 1.807) is 11.5 Å². The molecule has 1 fully saturated rings. The molecular formula is C13H21N5O3. The Morgan fingerprint density at radius 3 is 3.05 bits per heavy atom. The summed E-state index contributed by atoms with van der Waals surface area (Å²) in [7, 11) is 0. The first kappa shape index (κ1) is 15.4. The molecule has 8 heteroatoms. The zero-order chi connectivity index (χ0) is 15.4. The maximum atomic E-state index is 12.0. The van der Waals surface area contributed by atoms with Crippen molar-refractivity contribution in [1.29, 1.82) is 0 Å². The minimum Gasteiger partial charge on any atom is -0.358 e. The molecule has 0 bridgehead atoms. The summed E-state index contributed by atoms with van der Waals surface area (Å²) >= 11 is 0. The van der Waals surface area contributed by atoms with Crippen LogP contribution in [0.3, 0.4) is 0 Å². The average molecular weight is 295 g/mol. The molecule has 1 aromatic heterocycles. The molecule has 0 aromatic carbocycles. The second kappa shape index (κ2) is 6.66. The smallest absolute Gasteiger partial charge is 0.358 e. The van der Waals surface area contributed by atoms with Crippen LogP contribution in [0.2, 0.25) is 0 Å². The van der Waals surface area contributed by atoms with Gasteiger partial charge in [0.25, 0.3) is 0 Å². The number of hydrogen-bond acceptors (Lipinski definition) is 5. The van der Waals surface area contributed by atoms with Gasteiger partial charge >= 0.3 is 5.82 Å². The fraction of sp³-hybridized carbons (Fsp3) is 0.692. The summed E-state index contributed by atoms with van der Waals surface area (Å²) in [6, 6.07) is 0.157. The van der Waals surface area contributed by atoms with E-state index < -0.39 is 4.92 Å². The summed E-state index contributed by atoms with van der Waals surface area (Å²) in [5, 5.41) is 16.9. The predicted octanol–water partition coefficient (Wildman–Crippen LogP) is 0.604. The Hall–Kier alpha value is -1.96. The fourth-order valence-corrected chi connectivity index (χ4v) is 2.49. The predicted molar refractivity (Wildman–Crippen MR) is 76.8 cm³/mol. The van der Waals surface area contributed by atoms with Crippen molar-refractivity contribution < 1.29 is 9.72 Å². The summed E-state index contributed by atoms with van der Waals surface area (Å²) in [6.07, 6.45) is 2.71.